The fourth-order valence-electron chi connectivity index (χ4n) is 2.44. The van der Waals surface area contributed by atoms with E-state index in [9.17, 15) is 0 Å². The number of aryl methyl sites for hydroxylation is 2. The molecule has 4 heteroatoms. The zero-order valence-corrected chi connectivity index (χ0v) is 9.93. The van der Waals surface area contributed by atoms with Gasteiger partial charge < -0.3 is 5.73 Å². The van der Waals surface area contributed by atoms with Crippen LogP contribution in [0.4, 0.5) is 5.95 Å². The highest BCUT2D eigenvalue weighted by Gasteiger charge is 2.22. The van der Waals surface area contributed by atoms with Crippen LogP contribution >= 0.6 is 0 Å². The van der Waals surface area contributed by atoms with Crippen LogP contribution in [0.5, 0.6) is 0 Å². The number of nitrogens with two attached hydrogens (primary N) is 1. The Labute approximate surface area is 100 Å². The zero-order valence-electron chi connectivity index (χ0n) is 9.93. The quantitative estimate of drug-likeness (QED) is 0.811. The number of anilines is 1. The second-order valence-corrected chi connectivity index (χ2v) is 4.71. The van der Waals surface area contributed by atoms with E-state index in [0.717, 1.165) is 25.2 Å². The van der Waals surface area contributed by atoms with E-state index >= 15 is 0 Å². The minimum Gasteiger partial charge on any atom is -0.366 e. The van der Waals surface area contributed by atoms with E-state index in [1.54, 1.807) is 0 Å². The van der Waals surface area contributed by atoms with Gasteiger partial charge in [0.2, 0.25) is 5.95 Å². The van der Waals surface area contributed by atoms with Crippen molar-refractivity contribution in [3.05, 3.63) is 41.2 Å². The van der Waals surface area contributed by atoms with Crippen LogP contribution in [-0.4, -0.2) is 14.8 Å². The van der Waals surface area contributed by atoms with Gasteiger partial charge in [0.1, 0.15) is 5.82 Å². The molecular weight excluding hydrogens is 212 g/mol. The van der Waals surface area contributed by atoms with Crippen molar-refractivity contribution in [3.8, 4) is 0 Å². The molecule has 88 valence electrons. The van der Waals surface area contributed by atoms with Gasteiger partial charge in [-0.05, 0) is 18.9 Å². The first-order valence-electron chi connectivity index (χ1n) is 5.98. The molecule has 4 nitrogen and oxygen atoms in total. The first-order chi connectivity index (χ1) is 8.22. The summed E-state index contributed by atoms with van der Waals surface area (Å²) >= 11 is 0. The first-order valence-corrected chi connectivity index (χ1v) is 5.98. The summed E-state index contributed by atoms with van der Waals surface area (Å²) in [5, 5.41) is 4.23. The minimum atomic E-state index is 0.393. The molecular formula is C13H16N4. The van der Waals surface area contributed by atoms with E-state index < -0.39 is 0 Å². The Balaban J connectivity index is 1.86. The molecule has 0 fully saturated rings. The molecule has 1 unspecified atom stereocenters. The molecule has 0 aliphatic carbocycles. The maximum atomic E-state index is 5.62. The summed E-state index contributed by atoms with van der Waals surface area (Å²) in [4.78, 5) is 4.22. The number of nitrogens with zero attached hydrogens (tertiary/aromatic N) is 3. The van der Waals surface area contributed by atoms with Gasteiger partial charge >= 0.3 is 0 Å². The molecule has 0 bridgehead atoms. The van der Waals surface area contributed by atoms with Crippen molar-refractivity contribution >= 4 is 5.95 Å². The van der Waals surface area contributed by atoms with Crippen molar-refractivity contribution in [2.24, 2.45) is 0 Å². The van der Waals surface area contributed by atoms with E-state index in [1.807, 2.05) is 4.68 Å². The van der Waals surface area contributed by atoms with Crippen LogP contribution in [-0.2, 0) is 13.0 Å². The lowest BCUT2D eigenvalue weighted by Gasteiger charge is -2.22. The first kappa shape index (κ1) is 10.3. The Bertz CT molecular complexity index is 527. The average molecular weight is 228 g/mol. The third kappa shape index (κ3) is 1.90. The Kier molecular flexibility index (Phi) is 2.35. The summed E-state index contributed by atoms with van der Waals surface area (Å²) in [5.41, 5.74) is 8.30. The van der Waals surface area contributed by atoms with Crippen molar-refractivity contribution in [3.63, 3.8) is 0 Å². The molecule has 1 atom stereocenters. The minimum absolute atomic E-state index is 0.393. The highest BCUT2D eigenvalue weighted by molar-refractivity contribution is 5.26. The molecule has 2 N–H and O–H groups in total. The van der Waals surface area contributed by atoms with Gasteiger partial charge in [-0.25, -0.2) is 4.68 Å². The second-order valence-electron chi connectivity index (χ2n) is 4.71. The SMILES string of the molecule is Cc1ccc(C2CCc3nc(N)nn3C2)cc1. The van der Waals surface area contributed by atoms with Crippen LogP contribution in [0.15, 0.2) is 24.3 Å². The second kappa shape index (κ2) is 3.87. The Morgan fingerprint density at radius 2 is 2.06 bits per heavy atom. The van der Waals surface area contributed by atoms with Crippen LogP contribution < -0.4 is 5.73 Å². The molecule has 0 radical (unpaired) electrons. The summed E-state index contributed by atoms with van der Waals surface area (Å²) in [6.45, 7) is 3.00. The number of benzene rings is 1. The van der Waals surface area contributed by atoms with Crippen LogP contribution in [0.3, 0.4) is 0 Å². The van der Waals surface area contributed by atoms with Crippen molar-refractivity contribution in [1.82, 2.24) is 14.8 Å². The molecule has 1 aliphatic rings. The summed E-state index contributed by atoms with van der Waals surface area (Å²) in [6.07, 6.45) is 2.09. The highest BCUT2D eigenvalue weighted by atomic mass is 15.4. The molecule has 1 aliphatic heterocycles. The molecule has 2 heterocycles. The van der Waals surface area contributed by atoms with Crippen LogP contribution in [0.1, 0.15) is 29.3 Å². The van der Waals surface area contributed by atoms with Gasteiger partial charge in [-0.1, -0.05) is 29.8 Å². The molecule has 1 aromatic heterocycles. The average Bonchev–Trinajstić information content (AvgIpc) is 2.69. The van der Waals surface area contributed by atoms with Gasteiger partial charge in [0, 0.05) is 18.9 Å². The predicted octanol–water partition coefficient (Wildman–Crippen LogP) is 1.90. The third-order valence-corrected chi connectivity index (χ3v) is 3.42. The van der Waals surface area contributed by atoms with Gasteiger partial charge in [0.25, 0.3) is 0 Å². The van der Waals surface area contributed by atoms with Crippen molar-refractivity contribution in [1.29, 1.82) is 0 Å². The summed E-state index contributed by atoms with van der Waals surface area (Å²) in [5.74, 6) is 1.94. The zero-order chi connectivity index (χ0) is 11.8. The molecule has 17 heavy (non-hydrogen) atoms. The molecule has 0 spiro atoms. The number of rotatable bonds is 1. The van der Waals surface area contributed by atoms with E-state index in [2.05, 4.69) is 41.3 Å². The predicted molar refractivity (Wildman–Crippen MR) is 66.7 cm³/mol. The van der Waals surface area contributed by atoms with E-state index in [-0.39, 0.29) is 0 Å². The Hall–Kier alpha value is -1.84. The van der Waals surface area contributed by atoms with E-state index in [0.29, 0.717) is 11.9 Å². The molecule has 1 aromatic carbocycles. The lowest BCUT2D eigenvalue weighted by Crippen LogP contribution is -2.19. The van der Waals surface area contributed by atoms with Crippen molar-refractivity contribution < 1.29 is 0 Å². The molecule has 2 aromatic rings. The smallest absolute Gasteiger partial charge is 0.239 e. The van der Waals surface area contributed by atoms with E-state index in [4.69, 9.17) is 5.73 Å². The summed E-state index contributed by atoms with van der Waals surface area (Å²) < 4.78 is 1.95. The number of hydrogen-bond donors (Lipinski definition) is 1. The van der Waals surface area contributed by atoms with Gasteiger partial charge in [0.05, 0.1) is 0 Å². The van der Waals surface area contributed by atoms with Crippen LogP contribution in [0.2, 0.25) is 0 Å². The van der Waals surface area contributed by atoms with Gasteiger partial charge in [-0.2, -0.15) is 4.98 Å². The Morgan fingerprint density at radius 3 is 2.82 bits per heavy atom. The maximum absolute atomic E-state index is 5.62. The fraction of sp³-hybridized carbons (Fsp3) is 0.385. The fourth-order valence-corrected chi connectivity index (χ4v) is 2.44. The largest absolute Gasteiger partial charge is 0.366 e. The van der Waals surface area contributed by atoms with Gasteiger partial charge in [0.15, 0.2) is 0 Å². The maximum Gasteiger partial charge on any atom is 0.239 e. The van der Waals surface area contributed by atoms with Gasteiger partial charge in [-0.3, -0.25) is 0 Å². The summed E-state index contributed by atoms with van der Waals surface area (Å²) in [7, 11) is 0. The van der Waals surface area contributed by atoms with E-state index in [1.165, 1.54) is 11.1 Å². The third-order valence-electron chi connectivity index (χ3n) is 3.42. The number of hydrogen-bond acceptors (Lipinski definition) is 3. The molecule has 0 amide bonds. The topological polar surface area (TPSA) is 56.7 Å². The lowest BCUT2D eigenvalue weighted by molar-refractivity contribution is 0.423. The lowest BCUT2D eigenvalue weighted by atomic mass is 9.91. The molecule has 3 rings (SSSR count). The van der Waals surface area contributed by atoms with Crippen LogP contribution in [0, 0.1) is 6.92 Å². The number of aromatic nitrogens is 3. The van der Waals surface area contributed by atoms with Crippen molar-refractivity contribution in [2.45, 2.75) is 32.2 Å². The summed E-state index contributed by atoms with van der Waals surface area (Å²) in [6, 6.07) is 8.76. The standard InChI is InChI=1S/C13H16N4/c1-9-2-4-10(5-3-9)11-6-7-12-15-13(14)16-17(12)8-11/h2-5,11H,6-8H2,1H3,(H2,14,16). The monoisotopic (exact) mass is 228 g/mol. The van der Waals surface area contributed by atoms with Gasteiger partial charge in [-0.15, -0.1) is 5.10 Å². The number of nitrogen functional groups attached to an aromatic ring is 1. The highest BCUT2D eigenvalue weighted by Crippen LogP contribution is 2.28. The normalized spacial score (nSPS) is 19.0. The number of fused-ring (bicyclic) bond motifs is 1. The van der Waals surface area contributed by atoms with Crippen molar-refractivity contribution in [2.75, 3.05) is 5.73 Å². The van der Waals surface area contributed by atoms with Crippen LogP contribution in [0.25, 0.3) is 0 Å². The molecule has 0 saturated heterocycles. The Morgan fingerprint density at radius 1 is 1.29 bits per heavy atom. The molecule has 0 saturated carbocycles.